The maximum Gasteiger partial charge on any atom is 0.0925 e. The zero-order chi connectivity index (χ0) is 16.9. The van der Waals surface area contributed by atoms with Crippen molar-refractivity contribution in [1.29, 1.82) is 0 Å². The molecule has 4 rings (SSSR count). The number of fused-ring (bicyclic) bond motifs is 1. The molecule has 0 unspecified atom stereocenters. The van der Waals surface area contributed by atoms with Gasteiger partial charge in [0.25, 0.3) is 0 Å². The highest BCUT2D eigenvalue weighted by Crippen LogP contribution is 2.29. The average molecular weight is 334 g/mol. The summed E-state index contributed by atoms with van der Waals surface area (Å²) in [6, 6.07) is 14.6. The summed E-state index contributed by atoms with van der Waals surface area (Å²) >= 11 is 0. The minimum atomic E-state index is 0.166. The second-order valence-corrected chi connectivity index (χ2v) is 6.36. The standard InChI is InChI=1S/C20H22N4O/c1-2-5-16(6-3-1)13-25-14-19-20-18(22-15-23-20)8-10-24(19)12-17-7-4-9-21-11-17/h1-7,9,11,15,19H,8,10,12-14H2,(H,22,23)/t19-/m0/s1. The smallest absolute Gasteiger partial charge is 0.0925 e. The third-order valence-electron chi connectivity index (χ3n) is 4.65. The Kier molecular flexibility index (Phi) is 4.86. The van der Waals surface area contributed by atoms with Gasteiger partial charge in [0.15, 0.2) is 0 Å². The number of imidazole rings is 1. The van der Waals surface area contributed by atoms with Crippen LogP contribution in [0.5, 0.6) is 0 Å². The molecule has 128 valence electrons. The lowest BCUT2D eigenvalue weighted by atomic mass is 10.0. The SMILES string of the molecule is c1ccc(COC[C@H]2c3nc[nH]c3CCN2Cc2cccnc2)cc1. The summed E-state index contributed by atoms with van der Waals surface area (Å²) in [6.07, 6.45) is 6.53. The molecule has 0 fully saturated rings. The van der Waals surface area contributed by atoms with Gasteiger partial charge in [0, 0.05) is 37.6 Å². The van der Waals surface area contributed by atoms with E-state index in [1.165, 1.54) is 16.8 Å². The Morgan fingerprint density at radius 2 is 2.00 bits per heavy atom. The van der Waals surface area contributed by atoms with Gasteiger partial charge in [-0.3, -0.25) is 9.88 Å². The van der Waals surface area contributed by atoms with Crippen LogP contribution in [0.15, 0.2) is 61.2 Å². The van der Waals surface area contributed by atoms with Crippen LogP contribution in [0.2, 0.25) is 0 Å². The van der Waals surface area contributed by atoms with Gasteiger partial charge in [-0.2, -0.15) is 0 Å². The summed E-state index contributed by atoms with van der Waals surface area (Å²) in [6.45, 7) is 3.10. The van der Waals surface area contributed by atoms with Crippen molar-refractivity contribution in [3.8, 4) is 0 Å². The van der Waals surface area contributed by atoms with Crippen LogP contribution in [0.3, 0.4) is 0 Å². The molecule has 1 atom stereocenters. The van der Waals surface area contributed by atoms with E-state index < -0.39 is 0 Å². The number of ether oxygens (including phenoxy) is 1. The molecular weight excluding hydrogens is 312 g/mol. The van der Waals surface area contributed by atoms with E-state index in [1.807, 2.05) is 36.7 Å². The summed E-state index contributed by atoms with van der Waals surface area (Å²) in [4.78, 5) is 14.5. The van der Waals surface area contributed by atoms with Gasteiger partial charge < -0.3 is 9.72 Å². The molecule has 0 amide bonds. The van der Waals surface area contributed by atoms with Gasteiger partial charge in [-0.25, -0.2) is 4.98 Å². The molecule has 3 heterocycles. The van der Waals surface area contributed by atoms with E-state index in [4.69, 9.17) is 4.74 Å². The van der Waals surface area contributed by atoms with E-state index in [2.05, 4.69) is 38.1 Å². The second-order valence-electron chi connectivity index (χ2n) is 6.36. The molecule has 0 saturated carbocycles. The molecule has 1 N–H and O–H groups in total. The number of H-pyrrole nitrogens is 1. The number of benzene rings is 1. The van der Waals surface area contributed by atoms with Crippen molar-refractivity contribution in [3.63, 3.8) is 0 Å². The summed E-state index contributed by atoms with van der Waals surface area (Å²) in [5.74, 6) is 0. The molecule has 0 bridgehead atoms. The Balaban J connectivity index is 1.46. The molecule has 25 heavy (non-hydrogen) atoms. The van der Waals surface area contributed by atoms with E-state index >= 15 is 0 Å². The minimum absolute atomic E-state index is 0.166. The third-order valence-corrected chi connectivity index (χ3v) is 4.65. The van der Waals surface area contributed by atoms with Crippen molar-refractivity contribution in [2.75, 3.05) is 13.2 Å². The van der Waals surface area contributed by atoms with Gasteiger partial charge in [0.1, 0.15) is 0 Å². The first kappa shape index (κ1) is 16.0. The molecule has 0 radical (unpaired) electrons. The van der Waals surface area contributed by atoms with Crippen molar-refractivity contribution in [3.05, 3.63) is 83.7 Å². The Morgan fingerprint density at radius 1 is 1.12 bits per heavy atom. The van der Waals surface area contributed by atoms with Gasteiger partial charge in [-0.05, 0) is 17.2 Å². The number of pyridine rings is 1. The van der Waals surface area contributed by atoms with E-state index in [0.29, 0.717) is 13.2 Å². The van der Waals surface area contributed by atoms with E-state index in [-0.39, 0.29) is 6.04 Å². The number of nitrogens with one attached hydrogen (secondary N) is 1. The van der Waals surface area contributed by atoms with Gasteiger partial charge in [0.05, 0.1) is 31.3 Å². The Hall–Kier alpha value is -2.50. The van der Waals surface area contributed by atoms with E-state index in [1.54, 1.807) is 6.33 Å². The summed E-state index contributed by atoms with van der Waals surface area (Å²) < 4.78 is 6.04. The predicted octanol–water partition coefficient (Wildman–Crippen LogP) is 3.12. The second kappa shape index (κ2) is 7.59. The van der Waals surface area contributed by atoms with Crippen LogP contribution >= 0.6 is 0 Å². The van der Waals surface area contributed by atoms with Crippen LogP contribution in [0.1, 0.15) is 28.6 Å². The van der Waals surface area contributed by atoms with Gasteiger partial charge in [-0.1, -0.05) is 36.4 Å². The predicted molar refractivity (Wildman–Crippen MR) is 95.8 cm³/mol. The van der Waals surface area contributed by atoms with E-state index in [9.17, 15) is 0 Å². The maximum absolute atomic E-state index is 6.04. The topological polar surface area (TPSA) is 54.0 Å². The zero-order valence-electron chi connectivity index (χ0n) is 14.1. The Labute approximate surface area is 147 Å². The van der Waals surface area contributed by atoms with E-state index in [0.717, 1.165) is 25.2 Å². The van der Waals surface area contributed by atoms with Crippen LogP contribution in [0.4, 0.5) is 0 Å². The van der Waals surface area contributed by atoms with Crippen molar-refractivity contribution < 1.29 is 4.74 Å². The van der Waals surface area contributed by atoms with Gasteiger partial charge in [0.2, 0.25) is 0 Å². The normalized spacial score (nSPS) is 17.4. The molecular formula is C20H22N4O. The van der Waals surface area contributed by atoms with Gasteiger partial charge >= 0.3 is 0 Å². The lowest BCUT2D eigenvalue weighted by Crippen LogP contribution is -2.37. The van der Waals surface area contributed by atoms with Crippen LogP contribution in [-0.2, 0) is 24.3 Å². The highest BCUT2D eigenvalue weighted by Gasteiger charge is 2.29. The first-order chi connectivity index (χ1) is 12.4. The van der Waals surface area contributed by atoms with Crippen LogP contribution < -0.4 is 0 Å². The number of nitrogens with zero attached hydrogens (tertiary/aromatic N) is 3. The van der Waals surface area contributed by atoms with Gasteiger partial charge in [-0.15, -0.1) is 0 Å². The quantitative estimate of drug-likeness (QED) is 0.752. The molecule has 1 aliphatic heterocycles. The van der Waals surface area contributed by atoms with Crippen molar-refractivity contribution >= 4 is 0 Å². The first-order valence-electron chi connectivity index (χ1n) is 8.67. The molecule has 3 aromatic rings. The zero-order valence-corrected chi connectivity index (χ0v) is 14.1. The van der Waals surface area contributed by atoms with Crippen LogP contribution in [0, 0.1) is 0 Å². The maximum atomic E-state index is 6.04. The molecule has 0 aliphatic carbocycles. The molecule has 5 nitrogen and oxygen atoms in total. The molecule has 0 spiro atoms. The highest BCUT2D eigenvalue weighted by molar-refractivity contribution is 5.21. The fourth-order valence-corrected chi connectivity index (χ4v) is 3.37. The fourth-order valence-electron chi connectivity index (χ4n) is 3.37. The fraction of sp³-hybridized carbons (Fsp3) is 0.300. The largest absolute Gasteiger partial charge is 0.375 e. The number of hydrogen-bond donors (Lipinski definition) is 1. The molecule has 5 heteroatoms. The summed E-state index contributed by atoms with van der Waals surface area (Å²) in [7, 11) is 0. The monoisotopic (exact) mass is 334 g/mol. The van der Waals surface area contributed by atoms with Crippen molar-refractivity contribution in [2.24, 2.45) is 0 Å². The highest BCUT2D eigenvalue weighted by atomic mass is 16.5. The Bertz CT molecular complexity index is 788. The van der Waals surface area contributed by atoms with Crippen LogP contribution in [-0.4, -0.2) is 33.0 Å². The lowest BCUT2D eigenvalue weighted by Gasteiger charge is -2.34. The Morgan fingerprint density at radius 3 is 2.84 bits per heavy atom. The number of aromatic amines is 1. The lowest BCUT2D eigenvalue weighted by molar-refractivity contribution is 0.0392. The number of hydrogen-bond acceptors (Lipinski definition) is 4. The molecule has 2 aromatic heterocycles. The molecule has 1 aliphatic rings. The summed E-state index contributed by atoms with van der Waals surface area (Å²) in [5, 5.41) is 0. The minimum Gasteiger partial charge on any atom is -0.375 e. The summed E-state index contributed by atoms with van der Waals surface area (Å²) in [5.41, 5.74) is 4.76. The van der Waals surface area contributed by atoms with Crippen molar-refractivity contribution in [1.82, 2.24) is 19.9 Å². The van der Waals surface area contributed by atoms with Crippen LogP contribution in [0.25, 0.3) is 0 Å². The van der Waals surface area contributed by atoms with Crippen molar-refractivity contribution in [2.45, 2.75) is 25.6 Å². The molecule has 0 saturated heterocycles. The number of aromatic nitrogens is 3. The molecule has 1 aromatic carbocycles. The third kappa shape index (κ3) is 3.78. The average Bonchev–Trinajstić information content (AvgIpc) is 3.14. The number of rotatable bonds is 6. The first-order valence-corrected chi connectivity index (χ1v) is 8.67.